The zero-order valence-corrected chi connectivity index (χ0v) is 24.8. The summed E-state index contributed by atoms with van der Waals surface area (Å²) >= 11 is 0. The van der Waals surface area contributed by atoms with Crippen LogP contribution in [0, 0.1) is 5.92 Å². The zero-order valence-electron chi connectivity index (χ0n) is 24.8. The highest BCUT2D eigenvalue weighted by Gasteiger charge is 2.34. The van der Waals surface area contributed by atoms with E-state index in [9.17, 15) is 14.7 Å². The number of carbonyl (C=O) groups excluding carboxylic acids is 2. The van der Waals surface area contributed by atoms with Crippen molar-refractivity contribution >= 4 is 23.3 Å². The molecule has 0 saturated heterocycles. The molecule has 0 aliphatic carbocycles. The normalized spacial score (nSPS) is 18.3. The van der Waals surface area contributed by atoms with Crippen LogP contribution in [0.1, 0.15) is 29.8 Å². The summed E-state index contributed by atoms with van der Waals surface area (Å²) in [4.78, 5) is 30.6. The summed E-state index contributed by atoms with van der Waals surface area (Å²) in [6.45, 7) is 5.47. The minimum atomic E-state index is -0.484. The number of anilines is 2. The Bertz CT molecular complexity index is 1450. The van der Waals surface area contributed by atoms with E-state index in [0.29, 0.717) is 48.1 Å². The van der Waals surface area contributed by atoms with Crippen molar-refractivity contribution in [2.45, 2.75) is 32.5 Å². The Balaban J connectivity index is 1.39. The van der Waals surface area contributed by atoms with E-state index in [0.717, 1.165) is 17.1 Å². The number of nitrogens with zero attached hydrogens (tertiary/aromatic N) is 2. The van der Waals surface area contributed by atoms with Crippen LogP contribution in [0.3, 0.4) is 0 Å². The van der Waals surface area contributed by atoms with E-state index in [1.54, 1.807) is 54.5 Å². The first kappa shape index (κ1) is 30.0. The van der Waals surface area contributed by atoms with Crippen molar-refractivity contribution in [3.63, 3.8) is 0 Å². The summed E-state index contributed by atoms with van der Waals surface area (Å²) in [7, 11) is 3.58. The van der Waals surface area contributed by atoms with Crippen LogP contribution < -0.4 is 29.6 Å². The second-order valence-electron chi connectivity index (χ2n) is 11.0. The number of likely N-dealkylation sites (N-methyl/N-ethyl adjacent to an activating group) is 1. The van der Waals surface area contributed by atoms with Gasteiger partial charge in [-0.1, -0.05) is 19.1 Å². The van der Waals surface area contributed by atoms with E-state index in [2.05, 4.69) is 15.5 Å². The molecule has 0 radical (unpaired) electrons. The molecule has 3 atom stereocenters. The van der Waals surface area contributed by atoms with Gasteiger partial charge in [0.2, 0.25) is 6.79 Å². The number of benzene rings is 3. The second kappa shape index (κ2) is 13.2. The first-order valence-electron chi connectivity index (χ1n) is 14.3. The molecule has 2 heterocycles. The van der Waals surface area contributed by atoms with Crippen molar-refractivity contribution in [2.24, 2.45) is 5.92 Å². The Morgan fingerprint density at radius 3 is 2.63 bits per heavy atom. The number of methoxy groups -OCH3 is 1. The summed E-state index contributed by atoms with van der Waals surface area (Å²) in [5.74, 6) is 2.07. The van der Waals surface area contributed by atoms with Crippen molar-refractivity contribution in [2.75, 3.05) is 51.3 Å². The Kier molecular flexibility index (Phi) is 9.22. The first-order valence-corrected chi connectivity index (χ1v) is 14.3. The summed E-state index contributed by atoms with van der Waals surface area (Å²) in [5, 5.41) is 15.6. The number of aliphatic hydroxyl groups is 1. The van der Waals surface area contributed by atoms with Gasteiger partial charge >= 0.3 is 6.03 Å². The van der Waals surface area contributed by atoms with Gasteiger partial charge in [0, 0.05) is 31.2 Å². The number of rotatable bonds is 9. The monoisotopic (exact) mass is 590 g/mol. The zero-order chi connectivity index (χ0) is 30.5. The van der Waals surface area contributed by atoms with Gasteiger partial charge < -0.3 is 39.6 Å². The van der Waals surface area contributed by atoms with Gasteiger partial charge in [-0.3, -0.25) is 9.69 Å². The minimum Gasteiger partial charge on any atom is -0.497 e. The quantitative estimate of drug-likeness (QED) is 0.335. The van der Waals surface area contributed by atoms with E-state index in [-0.39, 0.29) is 31.3 Å². The molecular weight excluding hydrogens is 552 g/mol. The molecule has 43 heavy (non-hydrogen) atoms. The molecule has 11 heteroatoms. The van der Waals surface area contributed by atoms with Gasteiger partial charge in [-0.2, -0.15) is 0 Å². The maximum absolute atomic E-state index is 13.8. The van der Waals surface area contributed by atoms with E-state index >= 15 is 0 Å². The molecule has 2 aliphatic heterocycles. The molecule has 5 rings (SSSR count). The van der Waals surface area contributed by atoms with Crippen LogP contribution >= 0.6 is 0 Å². The van der Waals surface area contributed by atoms with Crippen LogP contribution in [0.25, 0.3) is 0 Å². The molecule has 3 N–H and O–H groups in total. The molecular formula is C32H38N4O7. The number of para-hydroxylation sites is 1. The smallest absolute Gasteiger partial charge is 0.323 e. The fourth-order valence-corrected chi connectivity index (χ4v) is 5.24. The Morgan fingerprint density at radius 2 is 1.88 bits per heavy atom. The van der Waals surface area contributed by atoms with Crippen LogP contribution in [0.15, 0.2) is 60.7 Å². The maximum atomic E-state index is 13.8. The maximum Gasteiger partial charge on any atom is 0.323 e. The van der Waals surface area contributed by atoms with Crippen LogP contribution in [0.2, 0.25) is 0 Å². The van der Waals surface area contributed by atoms with Crippen molar-refractivity contribution in [1.82, 2.24) is 9.80 Å². The minimum absolute atomic E-state index is 0.0912. The highest BCUT2D eigenvalue weighted by Crippen LogP contribution is 2.36. The molecule has 3 aromatic rings. The Hall–Kier alpha value is -4.48. The Labute approximate surface area is 251 Å². The van der Waals surface area contributed by atoms with E-state index in [1.165, 1.54) is 0 Å². The Morgan fingerprint density at radius 1 is 1.12 bits per heavy atom. The van der Waals surface area contributed by atoms with Crippen molar-refractivity contribution in [3.05, 3.63) is 71.8 Å². The fraction of sp³-hybridized carbons (Fsp3) is 0.375. The van der Waals surface area contributed by atoms with Crippen molar-refractivity contribution < 1.29 is 33.6 Å². The lowest BCUT2D eigenvalue weighted by molar-refractivity contribution is 0.0343. The number of hydrogen-bond acceptors (Lipinski definition) is 8. The SMILES string of the molecule is COc1ccc(NC(=O)Nc2cccc3c2O[C@H](CN(C)Cc2ccc4c(c2)OCO4)[C@@H](C)CN([C@@H](C)CO)C3=O)cc1. The van der Waals surface area contributed by atoms with E-state index < -0.39 is 12.1 Å². The van der Waals surface area contributed by atoms with Gasteiger partial charge in [0.1, 0.15) is 11.9 Å². The average molecular weight is 591 g/mol. The highest BCUT2D eigenvalue weighted by molar-refractivity contribution is 6.04. The molecule has 0 bridgehead atoms. The first-order chi connectivity index (χ1) is 20.7. The third kappa shape index (κ3) is 6.95. The molecule has 2 aliphatic rings. The molecule has 0 saturated carbocycles. The number of carbonyl (C=O) groups is 2. The van der Waals surface area contributed by atoms with Crippen LogP contribution in [-0.4, -0.2) is 79.6 Å². The number of hydrogen-bond donors (Lipinski definition) is 3. The predicted molar refractivity (Wildman–Crippen MR) is 162 cm³/mol. The lowest BCUT2D eigenvalue weighted by atomic mass is 9.99. The number of amides is 3. The molecule has 0 unspecified atom stereocenters. The van der Waals surface area contributed by atoms with Gasteiger partial charge in [0.15, 0.2) is 17.2 Å². The van der Waals surface area contributed by atoms with Crippen LogP contribution in [0.5, 0.6) is 23.0 Å². The topological polar surface area (TPSA) is 122 Å². The number of urea groups is 1. The second-order valence-corrected chi connectivity index (χ2v) is 11.0. The van der Waals surface area contributed by atoms with Crippen LogP contribution in [0.4, 0.5) is 16.2 Å². The van der Waals surface area contributed by atoms with Gasteiger partial charge in [0.25, 0.3) is 5.91 Å². The molecule has 11 nitrogen and oxygen atoms in total. The summed E-state index contributed by atoms with van der Waals surface area (Å²) in [6.07, 6.45) is -0.341. The van der Waals surface area contributed by atoms with E-state index in [1.807, 2.05) is 39.1 Å². The molecule has 3 amide bonds. The lowest BCUT2D eigenvalue weighted by Crippen LogP contribution is -2.49. The van der Waals surface area contributed by atoms with Crippen molar-refractivity contribution in [1.29, 1.82) is 0 Å². The highest BCUT2D eigenvalue weighted by atomic mass is 16.7. The van der Waals surface area contributed by atoms with Crippen LogP contribution in [-0.2, 0) is 6.54 Å². The number of nitrogens with one attached hydrogen (secondary N) is 2. The summed E-state index contributed by atoms with van der Waals surface area (Å²) in [6, 6.07) is 17.1. The molecule has 0 spiro atoms. The third-order valence-corrected chi connectivity index (χ3v) is 7.67. The molecule has 3 aromatic carbocycles. The van der Waals surface area contributed by atoms with Gasteiger partial charge in [0.05, 0.1) is 31.0 Å². The van der Waals surface area contributed by atoms with E-state index in [4.69, 9.17) is 18.9 Å². The largest absolute Gasteiger partial charge is 0.497 e. The third-order valence-electron chi connectivity index (χ3n) is 7.67. The molecule has 0 fully saturated rings. The number of aliphatic hydroxyl groups excluding tert-OH is 1. The van der Waals surface area contributed by atoms with Crippen molar-refractivity contribution in [3.8, 4) is 23.0 Å². The molecule has 0 aromatic heterocycles. The molecule has 228 valence electrons. The fourth-order valence-electron chi connectivity index (χ4n) is 5.24. The number of fused-ring (bicyclic) bond motifs is 2. The van der Waals surface area contributed by atoms with Gasteiger partial charge in [-0.15, -0.1) is 0 Å². The number of ether oxygens (including phenoxy) is 4. The average Bonchev–Trinajstić information content (AvgIpc) is 3.47. The predicted octanol–water partition coefficient (Wildman–Crippen LogP) is 4.42. The summed E-state index contributed by atoms with van der Waals surface area (Å²) in [5.41, 5.74) is 2.33. The summed E-state index contributed by atoms with van der Waals surface area (Å²) < 4.78 is 22.8. The van der Waals surface area contributed by atoms with Gasteiger partial charge in [-0.05, 0) is 68.1 Å². The lowest BCUT2D eigenvalue weighted by Gasteiger charge is -2.38. The standard InChI is InChI=1S/C32H38N4O7/c1-20-15-36(21(2)18-37)31(38)25-6-5-7-26(34-32(39)33-23-9-11-24(40-4)12-10-23)30(25)43-29(20)17-35(3)16-22-8-13-27-28(14-22)42-19-41-27/h5-14,20-21,29,37H,15-19H2,1-4H3,(H2,33,34,39)/t20-,21-,29+/m0/s1. The van der Waals surface area contributed by atoms with Gasteiger partial charge in [-0.25, -0.2) is 4.79 Å².